The Hall–Kier alpha value is -6.08. The smallest absolute Gasteiger partial charge is 0.408 e. The summed E-state index contributed by atoms with van der Waals surface area (Å²) in [6, 6.07) is 12.8. The molecule has 2 aromatic rings. The molecule has 0 radical (unpaired) electrons. The van der Waals surface area contributed by atoms with E-state index in [1.165, 1.54) is 0 Å². The molecule has 7 atom stereocenters. The lowest BCUT2D eigenvalue weighted by Crippen LogP contribution is -2.62. The molecular formula is C36H46N6O13. The fraction of sp³-hybridized carbons (Fsp3) is 0.444. The minimum Gasteiger partial charge on any atom is -0.481 e. The zero-order valence-electron chi connectivity index (χ0n) is 30.4. The van der Waals surface area contributed by atoms with Crippen molar-refractivity contribution in [1.29, 1.82) is 0 Å². The minimum absolute atomic E-state index is 0.0954. The van der Waals surface area contributed by atoms with Gasteiger partial charge in [-0.05, 0) is 30.4 Å². The van der Waals surface area contributed by atoms with Crippen LogP contribution >= 0.6 is 0 Å². The van der Waals surface area contributed by atoms with Crippen molar-refractivity contribution in [2.45, 2.75) is 89.6 Å². The van der Waals surface area contributed by atoms with Gasteiger partial charge in [-0.15, -0.1) is 0 Å². The monoisotopic (exact) mass is 770 g/mol. The maximum Gasteiger partial charge on any atom is 0.408 e. The average Bonchev–Trinajstić information content (AvgIpc) is 3.96. The molecule has 1 fully saturated rings. The van der Waals surface area contributed by atoms with Gasteiger partial charge in [0.05, 0.1) is 6.10 Å². The maximum absolute atomic E-state index is 13.5. The number of benzene rings is 2. The van der Waals surface area contributed by atoms with Crippen molar-refractivity contribution in [1.82, 2.24) is 31.7 Å². The first-order chi connectivity index (χ1) is 26.1. The van der Waals surface area contributed by atoms with Crippen LogP contribution in [0.1, 0.15) is 51.2 Å². The number of aliphatic hydroxyl groups excluding tert-OH is 1. The van der Waals surface area contributed by atoms with Crippen LogP contribution in [-0.2, 0) is 56.2 Å². The largest absolute Gasteiger partial charge is 0.481 e. The molecule has 3 rings (SSSR count). The van der Waals surface area contributed by atoms with E-state index in [0.717, 1.165) is 12.5 Å². The van der Waals surface area contributed by atoms with Gasteiger partial charge < -0.3 is 46.1 Å². The molecule has 1 aliphatic heterocycles. The summed E-state index contributed by atoms with van der Waals surface area (Å²) >= 11 is 0. The van der Waals surface area contributed by atoms with E-state index in [1.54, 1.807) is 74.5 Å². The average molecular weight is 771 g/mol. The van der Waals surface area contributed by atoms with Gasteiger partial charge in [0.1, 0.15) is 31.3 Å². The van der Waals surface area contributed by atoms with E-state index >= 15 is 0 Å². The number of carbonyl (C=O) groups excluding carboxylic acids is 6. The Morgan fingerprint density at radius 1 is 0.782 bits per heavy atom. The summed E-state index contributed by atoms with van der Waals surface area (Å²) < 4.78 is 10.4. The SMILES string of the molecule is CCC(C)C(NC(=O)OCc1ccccc1)C(=O)NC(CCC(=O)O)C(=O)NC(C(=O)NN(CC(=O)O)C(=O)[C@@H]1O[C@H]1C(=O)NCc1ccccc1)C(C)O. The van der Waals surface area contributed by atoms with Crippen LogP contribution in [0.3, 0.4) is 0 Å². The predicted octanol–water partition coefficient (Wildman–Crippen LogP) is -0.429. The number of hydrogen-bond donors (Lipinski definition) is 8. The molecule has 2 aromatic carbocycles. The molecule has 0 saturated carbocycles. The predicted molar refractivity (Wildman–Crippen MR) is 190 cm³/mol. The summed E-state index contributed by atoms with van der Waals surface area (Å²) in [5, 5.41) is 39.2. The van der Waals surface area contributed by atoms with E-state index in [1.807, 2.05) is 5.43 Å². The number of hydrogen-bond acceptors (Lipinski definition) is 11. The highest BCUT2D eigenvalue weighted by atomic mass is 16.6. The van der Waals surface area contributed by atoms with E-state index in [4.69, 9.17) is 9.47 Å². The van der Waals surface area contributed by atoms with Crippen molar-refractivity contribution in [2.24, 2.45) is 5.92 Å². The summed E-state index contributed by atoms with van der Waals surface area (Å²) in [6.07, 6.45) is -6.05. The molecule has 19 nitrogen and oxygen atoms in total. The summed E-state index contributed by atoms with van der Waals surface area (Å²) in [6.45, 7) is 3.42. The number of alkyl carbamates (subject to hydrolysis) is 1. The van der Waals surface area contributed by atoms with Gasteiger partial charge in [-0.3, -0.25) is 39.0 Å². The fourth-order valence-corrected chi connectivity index (χ4v) is 5.10. The van der Waals surface area contributed by atoms with Crippen LogP contribution in [0.2, 0.25) is 0 Å². The van der Waals surface area contributed by atoms with E-state index < -0.39 is 109 Å². The van der Waals surface area contributed by atoms with Gasteiger partial charge in [0.2, 0.25) is 11.8 Å². The summed E-state index contributed by atoms with van der Waals surface area (Å²) in [7, 11) is 0. The molecule has 1 heterocycles. The maximum atomic E-state index is 13.5. The van der Waals surface area contributed by atoms with Crippen LogP contribution in [0.15, 0.2) is 60.7 Å². The topological polar surface area (TPSA) is 282 Å². The molecule has 0 spiro atoms. The van der Waals surface area contributed by atoms with Crippen molar-refractivity contribution < 1.29 is 63.1 Å². The van der Waals surface area contributed by atoms with Crippen molar-refractivity contribution in [2.75, 3.05) is 6.54 Å². The Balaban J connectivity index is 1.68. The Labute approximate surface area is 316 Å². The summed E-state index contributed by atoms with van der Waals surface area (Å²) in [5.41, 5.74) is 3.48. The number of rotatable bonds is 20. The third-order valence-electron chi connectivity index (χ3n) is 8.43. The number of aliphatic carboxylic acids is 2. The molecule has 0 aliphatic carbocycles. The van der Waals surface area contributed by atoms with Gasteiger partial charge >= 0.3 is 18.0 Å². The molecule has 55 heavy (non-hydrogen) atoms. The molecule has 6 amide bonds. The van der Waals surface area contributed by atoms with Crippen LogP contribution in [0.25, 0.3) is 0 Å². The number of nitrogens with zero attached hydrogens (tertiary/aromatic N) is 1. The summed E-state index contributed by atoms with van der Waals surface area (Å²) in [5.74, 6) is -8.43. The highest BCUT2D eigenvalue weighted by Gasteiger charge is 2.52. The number of epoxide rings is 1. The van der Waals surface area contributed by atoms with Gasteiger partial charge in [0, 0.05) is 13.0 Å². The normalized spacial score (nSPS) is 17.1. The van der Waals surface area contributed by atoms with Gasteiger partial charge in [-0.2, -0.15) is 0 Å². The van der Waals surface area contributed by atoms with E-state index in [-0.39, 0.29) is 13.2 Å². The lowest BCUT2D eigenvalue weighted by atomic mass is 9.97. The highest BCUT2D eigenvalue weighted by molar-refractivity contribution is 5.98. The number of carbonyl (C=O) groups is 8. The quantitative estimate of drug-likeness (QED) is 0.0628. The van der Waals surface area contributed by atoms with Gasteiger partial charge in [0.25, 0.3) is 17.7 Å². The molecule has 19 heteroatoms. The van der Waals surface area contributed by atoms with Gasteiger partial charge in [-0.25, -0.2) is 9.80 Å². The number of aliphatic hydroxyl groups is 1. The Bertz CT molecular complexity index is 1680. The van der Waals surface area contributed by atoms with Crippen molar-refractivity contribution in [3.63, 3.8) is 0 Å². The number of carboxylic acid groups (broad SMARTS) is 2. The van der Waals surface area contributed by atoms with Crippen LogP contribution in [0.4, 0.5) is 4.79 Å². The van der Waals surface area contributed by atoms with Crippen molar-refractivity contribution in [3.05, 3.63) is 71.8 Å². The van der Waals surface area contributed by atoms with Crippen LogP contribution in [0.5, 0.6) is 0 Å². The highest BCUT2D eigenvalue weighted by Crippen LogP contribution is 2.24. The first kappa shape index (κ1) is 43.3. The number of hydrazine groups is 1. The molecule has 1 saturated heterocycles. The number of ether oxygens (including phenoxy) is 2. The molecule has 0 bridgehead atoms. The van der Waals surface area contributed by atoms with Crippen molar-refractivity contribution >= 4 is 47.6 Å². The number of amides is 6. The number of carboxylic acids is 2. The molecule has 5 unspecified atom stereocenters. The fourth-order valence-electron chi connectivity index (χ4n) is 5.10. The zero-order valence-corrected chi connectivity index (χ0v) is 30.4. The third-order valence-corrected chi connectivity index (χ3v) is 8.43. The molecular weight excluding hydrogens is 724 g/mol. The summed E-state index contributed by atoms with van der Waals surface area (Å²) in [4.78, 5) is 102. The number of nitrogens with one attached hydrogen (secondary N) is 5. The Kier molecular flexibility index (Phi) is 16.5. The minimum atomic E-state index is -1.87. The lowest BCUT2D eigenvalue weighted by Gasteiger charge is -2.29. The van der Waals surface area contributed by atoms with E-state index in [9.17, 15) is 53.7 Å². The van der Waals surface area contributed by atoms with Gasteiger partial charge in [-0.1, -0.05) is 80.9 Å². The third kappa shape index (κ3) is 14.0. The molecule has 0 aromatic heterocycles. The molecule has 298 valence electrons. The van der Waals surface area contributed by atoms with E-state index in [0.29, 0.717) is 17.0 Å². The van der Waals surface area contributed by atoms with Crippen LogP contribution < -0.4 is 26.7 Å². The zero-order chi connectivity index (χ0) is 40.7. The Morgan fingerprint density at radius 3 is 1.96 bits per heavy atom. The van der Waals surface area contributed by atoms with Crippen molar-refractivity contribution in [3.8, 4) is 0 Å². The van der Waals surface area contributed by atoms with Crippen LogP contribution in [0, 0.1) is 5.92 Å². The molecule has 8 N–H and O–H groups in total. The van der Waals surface area contributed by atoms with Crippen LogP contribution in [-0.4, -0.2) is 111 Å². The first-order valence-corrected chi connectivity index (χ1v) is 17.4. The second-order valence-electron chi connectivity index (χ2n) is 12.8. The lowest BCUT2D eigenvalue weighted by molar-refractivity contribution is -0.152. The second-order valence-corrected chi connectivity index (χ2v) is 12.8. The molecule has 1 aliphatic rings. The van der Waals surface area contributed by atoms with Gasteiger partial charge in [0.15, 0.2) is 12.2 Å². The standard InChI is InChI=1S/C36H46N6O13/c1-4-20(2)27(40-36(53)54-19-23-13-9-6-10-14-23)32(49)38-24(15-16-25(44)45)31(48)39-28(21(3)43)33(50)41-42(18-26(46)47)35(52)30-29(55-30)34(51)37-17-22-11-7-5-8-12-22/h5-14,20-21,24,27-30,43H,4,15-19H2,1-3H3,(H,37,51)(H,38,49)(H,39,48)(H,40,53)(H,41,50)(H,44,45)(H,46,47)/t20?,21?,24?,27?,28?,29-,30-/m1/s1. The van der Waals surface area contributed by atoms with E-state index in [2.05, 4.69) is 21.3 Å². The Morgan fingerprint density at radius 2 is 1.40 bits per heavy atom. The first-order valence-electron chi connectivity index (χ1n) is 17.4. The second kappa shape index (κ2) is 21.0.